The Bertz CT molecular complexity index is 498. The van der Waals surface area contributed by atoms with Crippen LogP contribution in [0.5, 0.6) is 0 Å². The molecule has 2 heterocycles. The zero-order chi connectivity index (χ0) is 11.0. The molecule has 3 heteroatoms. The van der Waals surface area contributed by atoms with Gasteiger partial charge in [-0.05, 0) is 49.5 Å². The fourth-order valence-corrected chi connectivity index (χ4v) is 2.72. The number of benzene rings is 1. The summed E-state index contributed by atoms with van der Waals surface area (Å²) >= 11 is 6.14. The van der Waals surface area contributed by atoms with Crippen molar-refractivity contribution in [2.24, 2.45) is 0 Å². The molecule has 1 fully saturated rings. The van der Waals surface area contributed by atoms with E-state index in [4.69, 9.17) is 11.6 Å². The van der Waals surface area contributed by atoms with Crippen molar-refractivity contribution in [1.82, 2.24) is 10.3 Å². The first kappa shape index (κ1) is 10.2. The molecule has 84 valence electrons. The highest BCUT2D eigenvalue weighted by Crippen LogP contribution is 2.30. The molecule has 0 amide bonds. The second kappa shape index (κ2) is 4.11. The lowest BCUT2D eigenvalue weighted by Crippen LogP contribution is -2.26. The fraction of sp³-hybridized carbons (Fsp3) is 0.385. The molecule has 0 unspecified atom stereocenters. The number of aromatic nitrogens is 1. The summed E-state index contributed by atoms with van der Waals surface area (Å²) in [7, 11) is 0. The minimum atomic E-state index is 0.691. The highest BCUT2D eigenvalue weighted by atomic mass is 35.5. The van der Waals surface area contributed by atoms with E-state index >= 15 is 0 Å². The molecule has 1 aliphatic heterocycles. The number of hydrogen-bond acceptors (Lipinski definition) is 1. The monoisotopic (exact) mass is 234 g/mol. The van der Waals surface area contributed by atoms with Gasteiger partial charge in [-0.1, -0.05) is 17.7 Å². The number of aromatic amines is 1. The summed E-state index contributed by atoms with van der Waals surface area (Å²) in [5.74, 6) is 0.691. The molecule has 0 atom stereocenters. The summed E-state index contributed by atoms with van der Waals surface area (Å²) in [6.45, 7) is 2.26. The van der Waals surface area contributed by atoms with Crippen LogP contribution in [-0.2, 0) is 0 Å². The van der Waals surface area contributed by atoms with Crippen molar-refractivity contribution in [3.05, 3.63) is 35.0 Å². The molecule has 2 aromatic rings. The van der Waals surface area contributed by atoms with E-state index < -0.39 is 0 Å². The van der Waals surface area contributed by atoms with Gasteiger partial charge in [0.1, 0.15) is 0 Å². The molecule has 16 heavy (non-hydrogen) atoms. The highest BCUT2D eigenvalue weighted by Gasteiger charge is 2.15. The van der Waals surface area contributed by atoms with Crippen molar-refractivity contribution < 1.29 is 0 Å². The smallest absolute Gasteiger partial charge is 0.0659 e. The Balaban J connectivity index is 1.99. The van der Waals surface area contributed by atoms with Crippen LogP contribution >= 0.6 is 11.6 Å². The number of fused-ring (bicyclic) bond motifs is 1. The molecular formula is C13H15ClN2. The quantitative estimate of drug-likeness (QED) is 0.779. The number of nitrogens with one attached hydrogen (secondary N) is 2. The van der Waals surface area contributed by atoms with Crippen molar-refractivity contribution >= 4 is 22.5 Å². The number of piperidine rings is 1. The summed E-state index contributed by atoms with van der Waals surface area (Å²) < 4.78 is 0. The Morgan fingerprint density at radius 3 is 2.81 bits per heavy atom. The molecule has 1 aromatic heterocycles. The lowest BCUT2D eigenvalue weighted by molar-refractivity contribution is 0.460. The van der Waals surface area contributed by atoms with E-state index in [1.807, 2.05) is 6.20 Å². The molecule has 0 radical (unpaired) electrons. The Kier molecular flexibility index (Phi) is 2.62. The van der Waals surface area contributed by atoms with E-state index in [9.17, 15) is 0 Å². The van der Waals surface area contributed by atoms with Crippen LogP contribution < -0.4 is 5.32 Å². The molecule has 2 N–H and O–H groups in total. The Hall–Kier alpha value is -0.990. The van der Waals surface area contributed by atoms with E-state index in [0.29, 0.717) is 5.92 Å². The topological polar surface area (TPSA) is 27.8 Å². The lowest BCUT2D eigenvalue weighted by Gasteiger charge is -2.23. The van der Waals surface area contributed by atoms with E-state index in [1.54, 1.807) is 0 Å². The van der Waals surface area contributed by atoms with Crippen LogP contribution in [0.15, 0.2) is 24.4 Å². The SMILES string of the molecule is Clc1c[nH]c2ccc(C3CCNCC3)cc12. The molecule has 0 saturated carbocycles. The highest BCUT2D eigenvalue weighted by molar-refractivity contribution is 6.35. The molecule has 0 aliphatic carbocycles. The van der Waals surface area contributed by atoms with Gasteiger partial charge in [0, 0.05) is 17.1 Å². The Labute approximate surface area is 100.0 Å². The van der Waals surface area contributed by atoms with Crippen molar-refractivity contribution in [2.75, 3.05) is 13.1 Å². The fourth-order valence-electron chi connectivity index (χ4n) is 2.51. The van der Waals surface area contributed by atoms with Crippen LogP contribution in [-0.4, -0.2) is 18.1 Å². The predicted octanol–water partition coefficient (Wildman–Crippen LogP) is 3.29. The molecule has 3 rings (SSSR count). The van der Waals surface area contributed by atoms with Gasteiger partial charge >= 0.3 is 0 Å². The van der Waals surface area contributed by atoms with Crippen LogP contribution in [0.3, 0.4) is 0 Å². The van der Waals surface area contributed by atoms with Gasteiger partial charge in [0.25, 0.3) is 0 Å². The van der Waals surface area contributed by atoms with E-state index in [2.05, 4.69) is 28.5 Å². The number of halogens is 1. The van der Waals surface area contributed by atoms with Crippen molar-refractivity contribution in [3.8, 4) is 0 Å². The Morgan fingerprint density at radius 2 is 2.00 bits per heavy atom. The first-order valence-corrected chi connectivity index (χ1v) is 6.19. The van der Waals surface area contributed by atoms with Gasteiger partial charge in [0.05, 0.1) is 5.02 Å². The molecule has 1 aromatic carbocycles. The second-order valence-electron chi connectivity index (χ2n) is 4.47. The maximum Gasteiger partial charge on any atom is 0.0659 e. The van der Waals surface area contributed by atoms with Crippen molar-refractivity contribution in [1.29, 1.82) is 0 Å². The van der Waals surface area contributed by atoms with Gasteiger partial charge < -0.3 is 10.3 Å². The van der Waals surface area contributed by atoms with Gasteiger partial charge in [-0.2, -0.15) is 0 Å². The zero-order valence-electron chi connectivity index (χ0n) is 9.09. The first-order chi connectivity index (χ1) is 7.84. The normalized spacial score (nSPS) is 18.1. The number of rotatable bonds is 1. The molecular weight excluding hydrogens is 220 g/mol. The summed E-state index contributed by atoms with van der Waals surface area (Å²) in [5.41, 5.74) is 2.55. The number of H-pyrrole nitrogens is 1. The molecule has 1 aliphatic rings. The zero-order valence-corrected chi connectivity index (χ0v) is 9.85. The summed E-state index contributed by atoms with van der Waals surface area (Å²) in [5, 5.41) is 5.37. The van der Waals surface area contributed by atoms with Crippen LogP contribution in [0, 0.1) is 0 Å². The van der Waals surface area contributed by atoms with Gasteiger partial charge in [0.2, 0.25) is 0 Å². The standard InChI is InChI=1S/C13H15ClN2/c14-12-8-16-13-2-1-10(7-11(12)13)9-3-5-15-6-4-9/h1-2,7-9,15-16H,3-6H2. The second-order valence-corrected chi connectivity index (χ2v) is 4.87. The van der Waals surface area contributed by atoms with Gasteiger partial charge in [-0.25, -0.2) is 0 Å². The van der Waals surface area contributed by atoms with Crippen molar-refractivity contribution in [2.45, 2.75) is 18.8 Å². The molecule has 0 bridgehead atoms. The van der Waals surface area contributed by atoms with Crippen LogP contribution in [0.2, 0.25) is 5.02 Å². The summed E-state index contributed by atoms with van der Waals surface area (Å²) in [4.78, 5) is 3.17. The third-order valence-electron chi connectivity index (χ3n) is 3.47. The third-order valence-corrected chi connectivity index (χ3v) is 3.78. The van der Waals surface area contributed by atoms with Gasteiger partial charge in [0.15, 0.2) is 0 Å². The predicted molar refractivity (Wildman–Crippen MR) is 68.2 cm³/mol. The maximum absolute atomic E-state index is 6.14. The largest absolute Gasteiger partial charge is 0.360 e. The first-order valence-electron chi connectivity index (χ1n) is 5.82. The lowest BCUT2D eigenvalue weighted by atomic mass is 9.90. The minimum Gasteiger partial charge on any atom is -0.360 e. The minimum absolute atomic E-state index is 0.691. The Morgan fingerprint density at radius 1 is 1.19 bits per heavy atom. The third kappa shape index (κ3) is 1.72. The van der Waals surface area contributed by atoms with Crippen LogP contribution in [0.1, 0.15) is 24.3 Å². The van der Waals surface area contributed by atoms with E-state index in [-0.39, 0.29) is 0 Å². The van der Waals surface area contributed by atoms with Crippen molar-refractivity contribution in [3.63, 3.8) is 0 Å². The molecule has 1 saturated heterocycles. The van der Waals surface area contributed by atoms with Gasteiger partial charge in [-0.15, -0.1) is 0 Å². The average molecular weight is 235 g/mol. The van der Waals surface area contributed by atoms with E-state index in [1.165, 1.54) is 18.4 Å². The van der Waals surface area contributed by atoms with Crippen LogP contribution in [0.25, 0.3) is 10.9 Å². The van der Waals surface area contributed by atoms with E-state index in [0.717, 1.165) is 29.0 Å². The summed E-state index contributed by atoms with van der Waals surface area (Å²) in [6.07, 6.45) is 4.32. The maximum atomic E-state index is 6.14. The van der Waals surface area contributed by atoms with Crippen LogP contribution in [0.4, 0.5) is 0 Å². The summed E-state index contributed by atoms with van der Waals surface area (Å²) in [6, 6.07) is 6.61. The number of hydrogen-bond donors (Lipinski definition) is 2. The van der Waals surface area contributed by atoms with Gasteiger partial charge in [-0.3, -0.25) is 0 Å². The molecule has 2 nitrogen and oxygen atoms in total. The average Bonchev–Trinajstić information content (AvgIpc) is 2.72. The molecule has 0 spiro atoms.